The maximum absolute atomic E-state index is 11.5. The quantitative estimate of drug-likeness (QED) is 0.698. The van der Waals surface area contributed by atoms with Crippen LogP contribution in [0, 0.1) is 0 Å². The number of hydrogen-bond donors (Lipinski definition) is 2. The largest absolute Gasteiger partial charge is 0.376 e. The van der Waals surface area contributed by atoms with Crippen molar-refractivity contribution in [3.05, 3.63) is 0 Å². The van der Waals surface area contributed by atoms with Crippen LogP contribution in [-0.4, -0.2) is 43.9 Å². The van der Waals surface area contributed by atoms with Crippen LogP contribution in [0.3, 0.4) is 0 Å². The Balaban J connectivity index is 1.93. The first kappa shape index (κ1) is 11.8. The number of primary amides is 1. The van der Waals surface area contributed by atoms with E-state index in [1.807, 2.05) is 0 Å². The highest BCUT2D eigenvalue weighted by Crippen LogP contribution is 2.31. The Morgan fingerprint density at radius 2 is 2.25 bits per heavy atom. The van der Waals surface area contributed by atoms with Crippen molar-refractivity contribution >= 4 is 5.91 Å². The summed E-state index contributed by atoms with van der Waals surface area (Å²) in [6.45, 7) is 1.36. The van der Waals surface area contributed by atoms with Gasteiger partial charge in [0.2, 0.25) is 5.91 Å². The molecule has 16 heavy (non-hydrogen) atoms. The van der Waals surface area contributed by atoms with Gasteiger partial charge in [0.15, 0.2) is 0 Å². The van der Waals surface area contributed by atoms with Gasteiger partial charge in [0.25, 0.3) is 0 Å². The molecule has 0 radical (unpaired) electrons. The molecule has 2 fully saturated rings. The molecule has 5 nitrogen and oxygen atoms in total. The molecule has 1 aliphatic carbocycles. The van der Waals surface area contributed by atoms with Crippen LogP contribution in [-0.2, 0) is 14.3 Å². The maximum atomic E-state index is 11.5. The Hall–Kier alpha value is -0.650. The monoisotopic (exact) mass is 228 g/mol. The zero-order chi connectivity index (χ0) is 11.6. The SMILES string of the molecule is CNC1(C(N)=O)CCCC(OC2COC2)C1. The number of ether oxygens (including phenoxy) is 2. The molecular formula is C11H20N2O3. The Kier molecular flexibility index (Phi) is 3.47. The van der Waals surface area contributed by atoms with Crippen LogP contribution in [0.2, 0.25) is 0 Å². The van der Waals surface area contributed by atoms with Crippen LogP contribution in [0.15, 0.2) is 0 Å². The Morgan fingerprint density at radius 1 is 1.50 bits per heavy atom. The van der Waals surface area contributed by atoms with Gasteiger partial charge >= 0.3 is 0 Å². The van der Waals surface area contributed by atoms with Crippen molar-refractivity contribution in [1.29, 1.82) is 0 Å². The van der Waals surface area contributed by atoms with Gasteiger partial charge in [0.05, 0.1) is 24.9 Å². The fourth-order valence-electron chi connectivity index (χ4n) is 2.48. The number of likely N-dealkylation sites (N-methyl/N-ethyl adjacent to an activating group) is 1. The van der Waals surface area contributed by atoms with Crippen molar-refractivity contribution in [3.8, 4) is 0 Å². The molecule has 1 amide bonds. The van der Waals surface area contributed by atoms with Crippen molar-refractivity contribution in [3.63, 3.8) is 0 Å². The molecule has 0 aromatic rings. The fourth-order valence-corrected chi connectivity index (χ4v) is 2.48. The summed E-state index contributed by atoms with van der Waals surface area (Å²) in [6, 6.07) is 0. The molecule has 3 N–H and O–H groups in total. The molecule has 2 atom stereocenters. The van der Waals surface area contributed by atoms with Crippen LogP contribution in [0.25, 0.3) is 0 Å². The number of hydrogen-bond acceptors (Lipinski definition) is 4. The molecule has 92 valence electrons. The standard InChI is InChI=1S/C11H20N2O3/c1-13-11(10(12)14)4-2-3-8(5-11)16-9-6-15-7-9/h8-9,13H,2-7H2,1H3,(H2,12,14). The highest BCUT2D eigenvalue weighted by molar-refractivity contribution is 5.84. The van der Waals surface area contributed by atoms with Gasteiger partial charge in [-0.1, -0.05) is 0 Å². The summed E-state index contributed by atoms with van der Waals surface area (Å²) in [4.78, 5) is 11.5. The van der Waals surface area contributed by atoms with E-state index in [4.69, 9.17) is 15.2 Å². The minimum atomic E-state index is -0.576. The lowest BCUT2D eigenvalue weighted by atomic mass is 9.79. The van der Waals surface area contributed by atoms with E-state index in [1.54, 1.807) is 7.05 Å². The van der Waals surface area contributed by atoms with Crippen LogP contribution in [0.1, 0.15) is 25.7 Å². The van der Waals surface area contributed by atoms with Gasteiger partial charge in [0.1, 0.15) is 6.10 Å². The third-order valence-electron chi connectivity index (χ3n) is 3.65. The summed E-state index contributed by atoms with van der Waals surface area (Å²) in [5.74, 6) is -0.270. The smallest absolute Gasteiger partial charge is 0.237 e. The number of nitrogens with two attached hydrogens (primary N) is 1. The van der Waals surface area contributed by atoms with Crippen LogP contribution in [0.4, 0.5) is 0 Å². The number of carbonyl (C=O) groups is 1. The molecule has 5 heteroatoms. The van der Waals surface area contributed by atoms with Gasteiger partial charge in [-0.05, 0) is 26.3 Å². The topological polar surface area (TPSA) is 73.6 Å². The van der Waals surface area contributed by atoms with Gasteiger partial charge < -0.3 is 20.5 Å². The normalized spacial score (nSPS) is 35.7. The molecule has 0 bridgehead atoms. The Labute approximate surface area is 95.7 Å². The van der Waals surface area contributed by atoms with Crippen LogP contribution in [0.5, 0.6) is 0 Å². The number of amides is 1. The second-order valence-corrected chi connectivity index (χ2v) is 4.71. The zero-order valence-electron chi connectivity index (χ0n) is 9.70. The van der Waals surface area contributed by atoms with Crippen molar-refractivity contribution < 1.29 is 14.3 Å². The Morgan fingerprint density at radius 3 is 2.75 bits per heavy atom. The first-order valence-corrected chi connectivity index (χ1v) is 5.88. The lowest BCUT2D eigenvalue weighted by Crippen LogP contribution is -2.58. The first-order valence-electron chi connectivity index (χ1n) is 5.88. The predicted molar refractivity (Wildman–Crippen MR) is 58.9 cm³/mol. The van der Waals surface area contributed by atoms with Crippen molar-refractivity contribution in [2.24, 2.45) is 5.73 Å². The molecule has 1 heterocycles. The molecule has 2 aliphatic rings. The predicted octanol–water partition coefficient (Wildman–Crippen LogP) is -0.212. The number of carbonyl (C=O) groups excluding carboxylic acids is 1. The van der Waals surface area contributed by atoms with Crippen LogP contribution >= 0.6 is 0 Å². The molecule has 0 aromatic carbocycles. The molecule has 1 saturated heterocycles. The second kappa shape index (κ2) is 4.69. The first-order chi connectivity index (χ1) is 7.66. The van der Waals surface area contributed by atoms with E-state index in [2.05, 4.69) is 5.32 Å². The summed E-state index contributed by atoms with van der Waals surface area (Å²) >= 11 is 0. The zero-order valence-corrected chi connectivity index (χ0v) is 9.70. The molecule has 1 aliphatic heterocycles. The van der Waals surface area contributed by atoms with E-state index in [9.17, 15) is 4.79 Å². The van der Waals surface area contributed by atoms with Crippen LogP contribution < -0.4 is 11.1 Å². The minimum absolute atomic E-state index is 0.127. The van der Waals surface area contributed by atoms with E-state index < -0.39 is 5.54 Å². The molecule has 1 saturated carbocycles. The fraction of sp³-hybridized carbons (Fsp3) is 0.909. The third kappa shape index (κ3) is 2.21. The second-order valence-electron chi connectivity index (χ2n) is 4.71. The van der Waals surface area contributed by atoms with Gasteiger partial charge in [-0.2, -0.15) is 0 Å². The minimum Gasteiger partial charge on any atom is -0.376 e. The average molecular weight is 228 g/mol. The van der Waals surface area contributed by atoms with Gasteiger partial charge in [0, 0.05) is 6.42 Å². The number of rotatable bonds is 4. The van der Waals surface area contributed by atoms with Gasteiger partial charge in [-0.25, -0.2) is 0 Å². The molecular weight excluding hydrogens is 208 g/mol. The lowest BCUT2D eigenvalue weighted by Gasteiger charge is -2.40. The average Bonchev–Trinajstić information content (AvgIpc) is 2.23. The lowest BCUT2D eigenvalue weighted by molar-refractivity contribution is -0.167. The third-order valence-corrected chi connectivity index (χ3v) is 3.65. The van der Waals surface area contributed by atoms with Gasteiger partial charge in [-0.3, -0.25) is 4.79 Å². The highest BCUT2D eigenvalue weighted by Gasteiger charge is 2.41. The van der Waals surface area contributed by atoms with E-state index in [-0.39, 0.29) is 18.1 Å². The highest BCUT2D eigenvalue weighted by atomic mass is 16.6. The molecule has 2 unspecified atom stereocenters. The molecule has 2 rings (SSSR count). The summed E-state index contributed by atoms with van der Waals surface area (Å²) in [6.07, 6.45) is 3.80. The van der Waals surface area contributed by atoms with Crippen molar-refractivity contribution in [1.82, 2.24) is 5.32 Å². The molecule has 0 aromatic heterocycles. The van der Waals surface area contributed by atoms with E-state index in [1.165, 1.54) is 0 Å². The maximum Gasteiger partial charge on any atom is 0.237 e. The van der Waals surface area contributed by atoms with E-state index in [0.717, 1.165) is 19.3 Å². The number of nitrogens with one attached hydrogen (secondary N) is 1. The molecule has 0 spiro atoms. The van der Waals surface area contributed by atoms with Crippen molar-refractivity contribution in [2.75, 3.05) is 20.3 Å². The summed E-state index contributed by atoms with van der Waals surface area (Å²) in [5.41, 5.74) is 4.89. The summed E-state index contributed by atoms with van der Waals surface area (Å²) in [5, 5.41) is 3.07. The Bertz CT molecular complexity index is 268. The van der Waals surface area contributed by atoms with Crippen molar-refractivity contribution in [2.45, 2.75) is 43.4 Å². The summed E-state index contributed by atoms with van der Waals surface area (Å²) in [7, 11) is 1.79. The van der Waals surface area contributed by atoms with Gasteiger partial charge in [-0.15, -0.1) is 0 Å². The summed E-state index contributed by atoms with van der Waals surface area (Å²) < 4.78 is 10.9. The van der Waals surface area contributed by atoms with E-state index in [0.29, 0.717) is 19.6 Å². The van der Waals surface area contributed by atoms with E-state index >= 15 is 0 Å².